The number of aliphatic hydroxyl groups excluding tert-OH is 1. The summed E-state index contributed by atoms with van der Waals surface area (Å²) in [5.41, 5.74) is 0.198. The molecule has 0 amide bonds. The van der Waals surface area contributed by atoms with Gasteiger partial charge in [-0.15, -0.1) is 0 Å². The van der Waals surface area contributed by atoms with Crippen molar-refractivity contribution in [2.75, 3.05) is 31.7 Å². The number of nitrogens with one attached hydrogen (secondary N) is 1. The Labute approximate surface area is 132 Å². The maximum atomic E-state index is 12.8. The largest absolute Gasteiger partial charge is 0.451 e. The molecule has 0 saturated carbocycles. The van der Waals surface area contributed by atoms with Gasteiger partial charge in [-0.25, -0.2) is 9.97 Å². The summed E-state index contributed by atoms with van der Waals surface area (Å²) in [6.45, 7) is 0.560. The summed E-state index contributed by atoms with van der Waals surface area (Å²) in [7, 11) is 0. The molecule has 1 aromatic heterocycles. The Morgan fingerprint density at radius 3 is 2.68 bits per heavy atom. The van der Waals surface area contributed by atoms with Crippen LogP contribution in [0.1, 0.15) is 5.82 Å². The van der Waals surface area contributed by atoms with Crippen LogP contribution in [0, 0.1) is 0 Å². The molecule has 0 radical (unpaired) electrons. The van der Waals surface area contributed by atoms with Crippen LogP contribution in [0.4, 0.5) is 19.0 Å². The van der Waals surface area contributed by atoms with Crippen molar-refractivity contribution >= 4 is 32.7 Å². The van der Waals surface area contributed by atoms with Gasteiger partial charge in [0.25, 0.3) is 0 Å². The number of aromatic nitrogens is 2. The molecular weight excluding hydrogens is 367 g/mol. The van der Waals surface area contributed by atoms with E-state index in [1.54, 1.807) is 12.1 Å². The van der Waals surface area contributed by atoms with Crippen LogP contribution in [0.2, 0.25) is 0 Å². The van der Waals surface area contributed by atoms with Crippen LogP contribution in [-0.2, 0) is 10.9 Å². The van der Waals surface area contributed by atoms with Crippen LogP contribution in [-0.4, -0.2) is 41.4 Å². The molecule has 120 valence electrons. The molecule has 0 atom stereocenters. The summed E-state index contributed by atoms with van der Waals surface area (Å²) < 4.78 is 44.3. The van der Waals surface area contributed by atoms with Crippen LogP contribution in [0.15, 0.2) is 22.7 Å². The van der Waals surface area contributed by atoms with Crippen LogP contribution in [0.3, 0.4) is 0 Å². The smallest absolute Gasteiger partial charge is 0.394 e. The lowest BCUT2D eigenvalue weighted by Gasteiger charge is -2.12. The normalized spacial score (nSPS) is 11.9. The van der Waals surface area contributed by atoms with Gasteiger partial charge in [0.1, 0.15) is 5.82 Å². The van der Waals surface area contributed by atoms with Crippen molar-refractivity contribution in [2.24, 2.45) is 0 Å². The first kappa shape index (κ1) is 16.9. The molecule has 9 heteroatoms. The Morgan fingerprint density at radius 1 is 1.23 bits per heavy atom. The second-order valence-corrected chi connectivity index (χ2v) is 5.23. The zero-order valence-corrected chi connectivity index (χ0v) is 12.9. The number of halogens is 4. The van der Waals surface area contributed by atoms with Gasteiger partial charge < -0.3 is 15.2 Å². The molecule has 5 nitrogen and oxygen atoms in total. The average molecular weight is 380 g/mol. The van der Waals surface area contributed by atoms with E-state index in [-0.39, 0.29) is 37.7 Å². The summed E-state index contributed by atoms with van der Waals surface area (Å²) in [4.78, 5) is 7.10. The molecule has 0 spiro atoms. The number of aliphatic hydroxyl groups is 1. The number of ether oxygens (including phenoxy) is 1. The highest BCUT2D eigenvalue weighted by molar-refractivity contribution is 9.10. The molecule has 1 heterocycles. The minimum absolute atomic E-state index is 0.0891. The summed E-state index contributed by atoms with van der Waals surface area (Å²) >= 11 is 3.27. The van der Waals surface area contributed by atoms with E-state index in [0.29, 0.717) is 9.86 Å². The fraction of sp³-hybridized carbons (Fsp3) is 0.385. The van der Waals surface area contributed by atoms with Crippen molar-refractivity contribution in [3.05, 3.63) is 28.5 Å². The summed E-state index contributed by atoms with van der Waals surface area (Å²) in [5, 5.41) is 11.9. The molecule has 2 rings (SSSR count). The third-order valence-corrected chi connectivity index (χ3v) is 3.18. The molecule has 0 fully saturated rings. The number of anilines is 1. The van der Waals surface area contributed by atoms with Gasteiger partial charge in [-0.1, -0.05) is 15.9 Å². The monoisotopic (exact) mass is 379 g/mol. The predicted octanol–water partition coefficient (Wildman–Crippen LogP) is 2.83. The van der Waals surface area contributed by atoms with E-state index in [9.17, 15) is 13.2 Å². The number of benzene rings is 1. The van der Waals surface area contributed by atoms with E-state index < -0.39 is 12.0 Å². The Bertz CT molecular complexity index is 652. The lowest BCUT2D eigenvalue weighted by atomic mass is 10.2. The zero-order chi connectivity index (χ0) is 16.2. The highest BCUT2D eigenvalue weighted by atomic mass is 79.9. The number of alkyl halides is 3. The number of nitrogens with zero attached hydrogens (tertiary/aromatic N) is 2. The second-order valence-electron chi connectivity index (χ2n) is 4.32. The third-order valence-electron chi connectivity index (χ3n) is 2.69. The van der Waals surface area contributed by atoms with Crippen LogP contribution in [0.25, 0.3) is 10.9 Å². The maximum Gasteiger partial charge on any atom is 0.451 e. The molecule has 0 aliphatic rings. The lowest BCUT2D eigenvalue weighted by Crippen LogP contribution is -2.16. The fourth-order valence-electron chi connectivity index (χ4n) is 1.77. The van der Waals surface area contributed by atoms with Crippen molar-refractivity contribution in [3.8, 4) is 0 Å². The molecule has 0 saturated heterocycles. The Morgan fingerprint density at radius 2 is 2.00 bits per heavy atom. The molecule has 0 aliphatic heterocycles. The summed E-state index contributed by atoms with van der Waals surface area (Å²) in [6, 6.07) is 4.75. The predicted molar refractivity (Wildman–Crippen MR) is 78.6 cm³/mol. The van der Waals surface area contributed by atoms with Crippen molar-refractivity contribution in [2.45, 2.75) is 6.18 Å². The first-order valence-electron chi connectivity index (χ1n) is 6.39. The van der Waals surface area contributed by atoms with Gasteiger partial charge in [0.15, 0.2) is 0 Å². The van der Waals surface area contributed by atoms with Gasteiger partial charge in [-0.3, -0.25) is 0 Å². The zero-order valence-electron chi connectivity index (χ0n) is 11.3. The van der Waals surface area contributed by atoms with Crippen LogP contribution < -0.4 is 5.32 Å². The summed E-state index contributed by atoms with van der Waals surface area (Å²) in [6.07, 6.45) is -4.62. The molecule has 2 N–H and O–H groups in total. The topological polar surface area (TPSA) is 67.3 Å². The second kappa shape index (κ2) is 7.21. The van der Waals surface area contributed by atoms with Gasteiger partial charge in [-0.05, 0) is 18.2 Å². The number of hydrogen-bond donors (Lipinski definition) is 2. The minimum atomic E-state index is -4.62. The van der Waals surface area contributed by atoms with E-state index in [1.165, 1.54) is 6.07 Å². The number of hydrogen-bond acceptors (Lipinski definition) is 5. The quantitative estimate of drug-likeness (QED) is 0.755. The molecular formula is C13H13BrF3N3O2. The van der Waals surface area contributed by atoms with Crippen LogP contribution in [0.5, 0.6) is 0 Å². The SMILES string of the molecule is OCCOCCNc1nc(C(F)(F)F)nc2ccc(Br)cc12. The van der Waals surface area contributed by atoms with Gasteiger partial charge >= 0.3 is 6.18 Å². The van der Waals surface area contributed by atoms with E-state index in [2.05, 4.69) is 31.2 Å². The molecule has 0 unspecified atom stereocenters. The van der Waals surface area contributed by atoms with E-state index in [1.807, 2.05) is 0 Å². The van der Waals surface area contributed by atoms with Crippen molar-refractivity contribution in [1.29, 1.82) is 0 Å². The van der Waals surface area contributed by atoms with Gasteiger partial charge in [0, 0.05) is 16.4 Å². The van der Waals surface area contributed by atoms with E-state index >= 15 is 0 Å². The molecule has 2 aromatic rings. The lowest BCUT2D eigenvalue weighted by molar-refractivity contribution is -0.144. The highest BCUT2D eigenvalue weighted by Gasteiger charge is 2.35. The molecule has 0 aliphatic carbocycles. The van der Waals surface area contributed by atoms with Crippen molar-refractivity contribution < 1.29 is 23.0 Å². The first-order chi connectivity index (χ1) is 10.4. The van der Waals surface area contributed by atoms with E-state index in [4.69, 9.17) is 9.84 Å². The average Bonchev–Trinajstić information content (AvgIpc) is 2.46. The van der Waals surface area contributed by atoms with Gasteiger partial charge in [-0.2, -0.15) is 13.2 Å². The minimum Gasteiger partial charge on any atom is -0.394 e. The van der Waals surface area contributed by atoms with Crippen LogP contribution >= 0.6 is 15.9 Å². The molecule has 0 bridgehead atoms. The standard InChI is InChI=1S/C13H13BrF3N3O2/c14-8-1-2-10-9(7-8)11(18-3-5-22-6-4-21)20-12(19-10)13(15,16)17/h1-2,7,21H,3-6H2,(H,18,19,20). The maximum absolute atomic E-state index is 12.8. The van der Waals surface area contributed by atoms with Gasteiger partial charge in [0.05, 0.1) is 25.3 Å². The Balaban J connectivity index is 2.30. The van der Waals surface area contributed by atoms with Crippen molar-refractivity contribution in [1.82, 2.24) is 9.97 Å². The van der Waals surface area contributed by atoms with E-state index in [0.717, 1.165) is 0 Å². The Kier molecular flexibility index (Phi) is 5.54. The summed E-state index contributed by atoms with van der Waals surface area (Å²) in [5.74, 6) is -1.10. The highest BCUT2D eigenvalue weighted by Crippen LogP contribution is 2.31. The molecule has 22 heavy (non-hydrogen) atoms. The third kappa shape index (κ3) is 4.28. The first-order valence-corrected chi connectivity index (χ1v) is 7.18. The van der Waals surface area contributed by atoms with Crippen molar-refractivity contribution in [3.63, 3.8) is 0 Å². The Hall–Kier alpha value is -1.45. The number of rotatable bonds is 6. The fourth-order valence-corrected chi connectivity index (χ4v) is 2.13. The van der Waals surface area contributed by atoms with Gasteiger partial charge in [0.2, 0.25) is 5.82 Å². The number of fused-ring (bicyclic) bond motifs is 1. The molecule has 1 aromatic carbocycles.